The number of nitrogens with zero attached hydrogens (tertiary/aromatic N) is 8. The molecule has 0 amide bonds. The van der Waals surface area contributed by atoms with Gasteiger partial charge in [0.2, 0.25) is 0 Å². The number of likely N-dealkylation sites (N-methyl/N-ethyl adjacent to an activating group) is 1. The van der Waals surface area contributed by atoms with Crippen molar-refractivity contribution >= 4 is 15.7 Å². The first-order chi connectivity index (χ1) is 16.2. The van der Waals surface area contributed by atoms with Crippen molar-refractivity contribution in [3.05, 3.63) is 60.1 Å². The second-order valence-electron chi connectivity index (χ2n) is 8.99. The molecule has 0 aliphatic carbocycles. The molecule has 1 unspecified atom stereocenters. The van der Waals surface area contributed by atoms with Crippen LogP contribution in [0.1, 0.15) is 16.8 Å². The second kappa shape index (κ2) is 9.58. The summed E-state index contributed by atoms with van der Waals surface area (Å²) in [5.41, 5.74) is 3.55. The van der Waals surface area contributed by atoms with E-state index in [0.29, 0.717) is 38.2 Å². The zero-order valence-corrected chi connectivity index (χ0v) is 20.8. The Bertz CT molecular complexity index is 1300. The Morgan fingerprint density at radius 1 is 1.21 bits per heavy atom. The van der Waals surface area contributed by atoms with Gasteiger partial charge in [-0.05, 0) is 44.3 Å². The summed E-state index contributed by atoms with van der Waals surface area (Å²) in [5, 5.41) is 9.50. The van der Waals surface area contributed by atoms with Crippen LogP contribution >= 0.6 is 0 Å². The normalized spacial score (nSPS) is 16.1. The van der Waals surface area contributed by atoms with Crippen molar-refractivity contribution in [1.29, 1.82) is 5.26 Å². The highest BCUT2D eigenvalue weighted by atomic mass is 32.2. The van der Waals surface area contributed by atoms with E-state index in [9.17, 15) is 13.7 Å². The first-order valence-corrected chi connectivity index (χ1v) is 12.5. The fraction of sp³-hybridized carbons (Fsp3) is 0.435. The van der Waals surface area contributed by atoms with Gasteiger partial charge in [0.25, 0.3) is 10.0 Å². The van der Waals surface area contributed by atoms with Gasteiger partial charge in [0.05, 0.1) is 36.5 Å². The lowest BCUT2D eigenvalue weighted by Gasteiger charge is -2.40. The molecule has 180 valence electrons. The summed E-state index contributed by atoms with van der Waals surface area (Å²) in [6, 6.07) is 7.52. The molecule has 0 radical (unpaired) electrons. The average Bonchev–Trinajstić information content (AvgIpc) is 3.41. The van der Waals surface area contributed by atoms with E-state index in [1.54, 1.807) is 22.2 Å². The number of nitriles is 1. The predicted octanol–water partition coefficient (Wildman–Crippen LogP) is 1.21. The predicted molar refractivity (Wildman–Crippen MR) is 129 cm³/mol. The average molecular weight is 483 g/mol. The molecule has 3 aromatic rings. The van der Waals surface area contributed by atoms with Crippen molar-refractivity contribution in [2.45, 2.75) is 24.0 Å². The van der Waals surface area contributed by atoms with Crippen LogP contribution in [0.25, 0.3) is 0 Å². The van der Waals surface area contributed by atoms with Gasteiger partial charge < -0.3 is 18.9 Å². The molecule has 10 nitrogen and oxygen atoms in total. The third-order valence-electron chi connectivity index (χ3n) is 6.13. The number of hydrogen-bond donors (Lipinski definition) is 0. The molecule has 0 bridgehead atoms. The van der Waals surface area contributed by atoms with Gasteiger partial charge in [0.1, 0.15) is 0 Å². The smallest absolute Gasteiger partial charge is 0.262 e. The monoisotopic (exact) mass is 482 g/mol. The van der Waals surface area contributed by atoms with E-state index >= 15 is 0 Å². The lowest BCUT2D eigenvalue weighted by molar-refractivity contribution is 0.273. The zero-order valence-electron chi connectivity index (χ0n) is 20.0. The Balaban J connectivity index is 1.74. The molecule has 34 heavy (non-hydrogen) atoms. The van der Waals surface area contributed by atoms with E-state index in [1.165, 1.54) is 12.5 Å². The van der Waals surface area contributed by atoms with Crippen LogP contribution in [0.15, 0.2) is 48.3 Å². The van der Waals surface area contributed by atoms with Crippen LogP contribution in [0.3, 0.4) is 0 Å². The molecule has 4 rings (SSSR count). The Labute approximate surface area is 200 Å². The van der Waals surface area contributed by atoms with E-state index in [1.807, 2.05) is 55.0 Å². The molecule has 2 aromatic heterocycles. The van der Waals surface area contributed by atoms with Crippen LogP contribution < -0.4 is 4.90 Å². The number of sulfonamides is 1. The Morgan fingerprint density at radius 2 is 2.00 bits per heavy atom. The lowest BCUT2D eigenvalue weighted by atomic mass is 9.95. The quantitative estimate of drug-likeness (QED) is 0.475. The third kappa shape index (κ3) is 4.84. The topological polar surface area (TPSA) is 103 Å². The maximum Gasteiger partial charge on any atom is 0.262 e. The van der Waals surface area contributed by atoms with Gasteiger partial charge in [-0.2, -0.15) is 9.57 Å². The maximum atomic E-state index is 13.7. The molecule has 11 heteroatoms. The van der Waals surface area contributed by atoms with Gasteiger partial charge >= 0.3 is 0 Å². The summed E-state index contributed by atoms with van der Waals surface area (Å²) in [5.74, 6) is 0. The fourth-order valence-corrected chi connectivity index (χ4v) is 5.89. The van der Waals surface area contributed by atoms with Gasteiger partial charge in [-0.15, -0.1) is 0 Å². The Morgan fingerprint density at radius 3 is 2.62 bits per heavy atom. The van der Waals surface area contributed by atoms with Crippen LogP contribution in [0.4, 0.5) is 5.69 Å². The maximum absolute atomic E-state index is 13.7. The summed E-state index contributed by atoms with van der Waals surface area (Å²) in [6.45, 7) is 2.01. The van der Waals surface area contributed by atoms with E-state index in [-0.39, 0.29) is 11.1 Å². The minimum Gasteiger partial charge on any atom is -0.364 e. The minimum atomic E-state index is -3.82. The number of imidazole rings is 2. The van der Waals surface area contributed by atoms with E-state index in [0.717, 1.165) is 16.9 Å². The molecular formula is C23H30N8O2S. The van der Waals surface area contributed by atoms with Gasteiger partial charge in [0, 0.05) is 57.9 Å². The summed E-state index contributed by atoms with van der Waals surface area (Å²) in [4.78, 5) is 12.5. The standard InChI is InChI=1S/C23H30N8O2S/c1-27(2)7-8-31(34(32,33)23-15-28(3)17-26-23)20-10-19-9-18(11-24)5-6-22(19)30(13-20)14-21-12-25-16-29(21)4/h5-6,9,12,15-17,20H,7-8,10,13-14H2,1-4H3. The highest BCUT2D eigenvalue weighted by Gasteiger charge is 2.37. The number of benzene rings is 1. The number of aromatic nitrogens is 4. The van der Waals surface area contributed by atoms with Crippen molar-refractivity contribution in [3.8, 4) is 6.07 Å². The van der Waals surface area contributed by atoms with E-state index in [2.05, 4.69) is 20.9 Å². The minimum absolute atomic E-state index is 0.0449. The number of hydrogen-bond acceptors (Lipinski definition) is 7. The second-order valence-corrected chi connectivity index (χ2v) is 10.8. The van der Waals surface area contributed by atoms with E-state index in [4.69, 9.17) is 0 Å². The summed E-state index contributed by atoms with van der Waals surface area (Å²) in [7, 11) is 3.73. The molecule has 1 aromatic carbocycles. The largest absolute Gasteiger partial charge is 0.364 e. The highest BCUT2D eigenvalue weighted by molar-refractivity contribution is 7.89. The SMILES string of the molecule is CN(C)CCN(C1Cc2cc(C#N)ccc2N(Cc2cncn2C)C1)S(=O)(=O)c1cn(C)cn1. The number of anilines is 1. The number of aryl methyl sites for hydroxylation is 2. The first-order valence-electron chi connectivity index (χ1n) is 11.1. The van der Waals surface area contributed by atoms with Crippen molar-refractivity contribution in [2.75, 3.05) is 38.6 Å². The molecule has 1 aliphatic heterocycles. The summed E-state index contributed by atoms with van der Waals surface area (Å²) >= 11 is 0. The molecule has 3 heterocycles. The third-order valence-corrected chi connectivity index (χ3v) is 7.97. The van der Waals surface area contributed by atoms with Gasteiger partial charge in [-0.1, -0.05) is 0 Å². The van der Waals surface area contributed by atoms with E-state index < -0.39 is 10.0 Å². The van der Waals surface area contributed by atoms with Crippen LogP contribution in [-0.4, -0.2) is 76.5 Å². The van der Waals surface area contributed by atoms with Gasteiger partial charge in [-0.3, -0.25) is 0 Å². The Kier molecular flexibility index (Phi) is 6.74. The van der Waals surface area contributed by atoms with Crippen LogP contribution in [0.2, 0.25) is 0 Å². The van der Waals surface area contributed by atoms with Crippen molar-refractivity contribution in [3.63, 3.8) is 0 Å². The summed E-state index contributed by atoms with van der Waals surface area (Å²) < 4.78 is 32.6. The van der Waals surface area contributed by atoms with Crippen LogP contribution in [0.5, 0.6) is 0 Å². The molecular weight excluding hydrogens is 452 g/mol. The Hall–Kier alpha value is -3.20. The van der Waals surface area contributed by atoms with Crippen LogP contribution in [0, 0.1) is 11.3 Å². The number of rotatable bonds is 8. The van der Waals surface area contributed by atoms with Gasteiger partial charge in [0.15, 0.2) is 5.03 Å². The van der Waals surface area contributed by atoms with Crippen molar-refractivity contribution in [2.24, 2.45) is 14.1 Å². The van der Waals surface area contributed by atoms with Crippen molar-refractivity contribution < 1.29 is 8.42 Å². The van der Waals surface area contributed by atoms with Crippen molar-refractivity contribution in [1.82, 2.24) is 28.3 Å². The lowest BCUT2D eigenvalue weighted by Crippen LogP contribution is -2.52. The number of fused-ring (bicyclic) bond motifs is 1. The molecule has 0 saturated heterocycles. The molecule has 0 N–H and O–H groups in total. The van der Waals surface area contributed by atoms with Crippen LogP contribution in [-0.2, 0) is 37.1 Å². The molecule has 1 atom stereocenters. The highest BCUT2D eigenvalue weighted by Crippen LogP contribution is 2.33. The molecule has 0 saturated carbocycles. The van der Waals surface area contributed by atoms with Gasteiger partial charge in [-0.25, -0.2) is 18.4 Å². The zero-order chi connectivity index (χ0) is 24.5. The molecule has 0 spiro atoms. The first kappa shape index (κ1) is 23.9. The molecule has 0 fully saturated rings. The molecule has 1 aliphatic rings. The summed E-state index contributed by atoms with van der Waals surface area (Å²) in [6.07, 6.45) is 7.13. The fourth-order valence-electron chi connectivity index (χ4n) is 4.31.